The van der Waals surface area contributed by atoms with E-state index >= 15 is 0 Å². The van der Waals surface area contributed by atoms with E-state index in [2.05, 4.69) is 0 Å². The Kier molecular flexibility index (Phi) is 4.00. The van der Waals surface area contributed by atoms with Crippen molar-refractivity contribution in [2.24, 2.45) is 0 Å². The Bertz CT molecular complexity index is 640. The van der Waals surface area contributed by atoms with Crippen LogP contribution in [0, 0.1) is 19.7 Å². The van der Waals surface area contributed by atoms with E-state index in [4.69, 9.17) is 5.73 Å². The highest BCUT2D eigenvalue weighted by Crippen LogP contribution is 2.20. The molecule has 0 heterocycles. The maximum Gasteiger partial charge on any atom is 0.129 e. The Morgan fingerprint density at radius 1 is 1.16 bits per heavy atom. The van der Waals surface area contributed by atoms with Gasteiger partial charge in [0.05, 0.1) is 16.6 Å². The monoisotopic (exact) mass is 277 g/mol. The van der Waals surface area contributed by atoms with Crippen LogP contribution in [0.1, 0.15) is 16.7 Å². The van der Waals surface area contributed by atoms with E-state index in [-0.39, 0.29) is 5.75 Å². The number of rotatable bonds is 3. The van der Waals surface area contributed by atoms with Gasteiger partial charge in [0.25, 0.3) is 0 Å². The van der Waals surface area contributed by atoms with Crippen molar-refractivity contribution in [2.75, 3.05) is 5.73 Å². The zero-order valence-corrected chi connectivity index (χ0v) is 11.8. The quantitative estimate of drug-likeness (QED) is 0.874. The third-order valence-corrected chi connectivity index (χ3v) is 4.46. The van der Waals surface area contributed by atoms with E-state index < -0.39 is 16.6 Å². The molecular weight excluding hydrogens is 261 g/mol. The minimum atomic E-state index is -1.25. The van der Waals surface area contributed by atoms with Gasteiger partial charge in [-0.1, -0.05) is 23.8 Å². The second-order valence-corrected chi connectivity index (χ2v) is 6.03. The van der Waals surface area contributed by atoms with Gasteiger partial charge in [-0.05, 0) is 37.6 Å². The number of halogens is 1. The summed E-state index contributed by atoms with van der Waals surface area (Å²) in [5.41, 5.74) is 8.38. The highest BCUT2D eigenvalue weighted by Gasteiger charge is 2.11. The van der Waals surface area contributed by atoms with Gasteiger partial charge in [0.2, 0.25) is 0 Å². The van der Waals surface area contributed by atoms with E-state index in [1.165, 1.54) is 6.07 Å². The normalized spacial score (nSPS) is 12.4. The Hall–Kier alpha value is -1.68. The van der Waals surface area contributed by atoms with E-state index in [0.717, 1.165) is 16.0 Å². The maximum atomic E-state index is 13.7. The molecule has 0 aliphatic carbocycles. The first-order valence-corrected chi connectivity index (χ1v) is 7.29. The molecule has 0 bridgehead atoms. The zero-order chi connectivity index (χ0) is 14.0. The van der Waals surface area contributed by atoms with Crippen LogP contribution in [0.15, 0.2) is 41.3 Å². The molecule has 0 fully saturated rings. The molecule has 0 radical (unpaired) electrons. The molecule has 4 heteroatoms. The summed E-state index contributed by atoms with van der Waals surface area (Å²) in [6.45, 7) is 3.90. The molecule has 2 aromatic rings. The second kappa shape index (κ2) is 5.53. The van der Waals surface area contributed by atoms with Gasteiger partial charge in [-0.15, -0.1) is 0 Å². The van der Waals surface area contributed by atoms with Crippen molar-refractivity contribution < 1.29 is 8.60 Å². The summed E-state index contributed by atoms with van der Waals surface area (Å²) in [7, 11) is -1.25. The molecule has 2 aromatic carbocycles. The van der Waals surface area contributed by atoms with Crippen LogP contribution in [0.2, 0.25) is 0 Å². The summed E-state index contributed by atoms with van der Waals surface area (Å²) in [5.74, 6) is -0.242. The van der Waals surface area contributed by atoms with E-state index in [1.807, 2.05) is 32.0 Å². The van der Waals surface area contributed by atoms with Crippen LogP contribution >= 0.6 is 0 Å². The van der Waals surface area contributed by atoms with Crippen LogP contribution in [0.25, 0.3) is 0 Å². The van der Waals surface area contributed by atoms with Gasteiger partial charge in [0, 0.05) is 16.1 Å². The molecule has 0 amide bonds. The first-order chi connectivity index (χ1) is 8.97. The van der Waals surface area contributed by atoms with Gasteiger partial charge in [-0.2, -0.15) is 0 Å². The van der Waals surface area contributed by atoms with Crippen molar-refractivity contribution >= 4 is 16.5 Å². The SMILES string of the molecule is Cc1ccc(S(=O)Cc2ccc(N)cc2F)c(C)c1. The molecule has 0 aromatic heterocycles. The molecule has 0 saturated carbocycles. The van der Waals surface area contributed by atoms with Gasteiger partial charge in [0.15, 0.2) is 0 Å². The lowest BCUT2D eigenvalue weighted by Gasteiger charge is -2.08. The number of hydrogen-bond acceptors (Lipinski definition) is 2. The zero-order valence-electron chi connectivity index (χ0n) is 10.9. The van der Waals surface area contributed by atoms with Crippen molar-refractivity contribution in [1.29, 1.82) is 0 Å². The molecule has 1 unspecified atom stereocenters. The van der Waals surface area contributed by atoms with Crippen molar-refractivity contribution in [3.05, 3.63) is 58.9 Å². The summed E-state index contributed by atoms with van der Waals surface area (Å²) >= 11 is 0. The smallest absolute Gasteiger partial charge is 0.129 e. The van der Waals surface area contributed by atoms with Crippen molar-refractivity contribution in [1.82, 2.24) is 0 Å². The van der Waals surface area contributed by atoms with Crippen molar-refractivity contribution in [2.45, 2.75) is 24.5 Å². The standard InChI is InChI=1S/C15H16FNOS/c1-10-3-6-15(11(2)7-10)19(18)9-12-4-5-13(17)8-14(12)16/h3-8H,9,17H2,1-2H3. The predicted molar refractivity (Wildman–Crippen MR) is 76.8 cm³/mol. The predicted octanol–water partition coefficient (Wildman–Crippen LogP) is 3.33. The van der Waals surface area contributed by atoms with Gasteiger partial charge in [0.1, 0.15) is 5.82 Å². The Labute approximate surface area is 114 Å². The lowest BCUT2D eigenvalue weighted by molar-refractivity contribution is 0.616. The molecule has 0 spiro atoms. The minimum absolute atomic E-state index is 0.163. The minimum Gasteiger partial charge on any atom is -0.399 e. The first-order valence-electron chi connectivity index (χ1n) is 5.97. The largest absolute Gasteiger partial charge is 0.399 e. The molecule has 100 valence electrons. The van der Waals surface area contributed by atoms with Gasteiger partial charge in [-0.3, -0.25) is 4.21 Å². The van der Waals surface area contributed by atoms with Gasteiger partial charge in [-0.25, -0.2) is 4.39 Å². The topological polar surface area (TPSA) is 43.1 Å². The van der Waals surface area contributed by atoms with E-state index in [9.17, 15) is 8.60 Å². The fourth-order valence-electron chi connectivity index (χ4n) is 1.95. The van der Waals surface area contributed by atoms with E-state index in [0.29, 0.717) is 11.3 Å². The first kappa shape index (κ1) is 13.7. The highest BCUT2D eigenvalue weighted by molar-refractivity contribution is 7.84. The highest BCUT2D eigenvalue weighted by atomic mass is 32.2. The average Bonchev–Trinajstić information content (AvgIpc) is 2.32. The fraction of sp³-hybridized carbons (Fsp3) is 0.200. The lowest BCUT2D eigenvalue weighted by Crippen LogP contribution is -2.02. The van der Waals surface area contributed by atoms with Crippen LogP contribution < -0.4 is 5.73 Å². The third-order valence-electron chi connectivity index (χ3n) is 2.94. The Balaban J connectivity index is 2.25. The summed E-state index contributed by atoms with van der Waals surface area (Å²) in [4.78, 5) is 0.752. The van der Waals surface area contributed by atoms with Crippen LogP contribution in [0.5, 0.6) is 0 Å². The number of benzene rings is 2. The lowest BCUT2D eigenvalue weighted by atomic mass is 10.2. The summed E-state index contributed by atoms with van der Waals surface area (Å²) in [6, 6.07) is 10.2. The molecule has 2 nitrogen and oxygen atoms in total. The summed E-state index contributed by atoms with van der Waals surface area (Å²) in [6.07, 6.45) is 0. The van der Waals surface area contributed by atoms with Crippen LogP contribution in [0.3, 0.4) is 0 Å². The number of aryl methyl sites for hydroxylation is 2. The number of hydrogen-bond donors (Lipinski definition) is 1. The molecule has 1 atom stereocenters. The molecular formula is C15H16FNOS. The summed E-state index contributed by atoms with van der Waals surface area (Å²) < 4.78 is 26.0. The van der Waals surface area contributed by atoms with Crippen LogP contribution in [-0.4, -0.2) is 4.21 Å². The number of nitrogen functional groups attached to an aromatic ring is 1. The molecule has 0 saturated heterocycles. The van der Waals surface area contributed by atoms with Crippen molar-refractivity contribution in [3.63, 3.8) is 0 Å². The number of anilines is 1. The van der Waals surface area contributed by atoms with Crippen molar-refractivity contribution in [3.8, 4) is 0 Å². The molecule has 0 aliphatic heterocycles. The van der Waals surface area contributed by atoms with Crippen LogP contribution in [0.4, 0.5) is 10.1 Å². The molecule has 2 N–H and O–H groups in total. The maximum absolute atomic E-state index is 13.7. The van der Waals surface area contributed by atoms with Gasteiger partial charge < -0.3 is 5.73 Å². The Morgan fingerprint density at radius 3 is 2.53 bits per heavy atom. The Morgan fingerprint density at radius 2 is 1.89 bits per heavy atom. The molecule has 0 aliphatic rings. The second-order valence-electron chi connectivity index (χ2n) is 4.61. The third kappa shape index (κ3) is 3.20. The summed E-state index contributed by atoms with van der Waals surface area (Å²) in [5, 5.41) is 0. The molecule has 19 heavy (non-hydrogen) atoms. The van der Waals surface area contributed by atoms with Crippen LogP contribution in [-0.2, 0) is 16.6 Å². The fourth-order valence-corrected chi connectivity index (χ4v) is 3.26. The number of nitrogens with two attached hydrogens (primary N) is 1. The van der Waals surface area contributed by atoms with Gasteiger partial charge >= 0.3 is 0 Å². The average molecular weight is 277 g/mol. The molecule has 2 rings (SSSR count). The van der Waals surface area contributed by atoms with E-state index in [1.54, 1.807) is 12.1 Å².